The number of aryl methyl sites for hydroxylation is 1. The number of rotatable bonds is 2. The van der Waals surface area contributed by atoms with Crippen LogP contribution < -0.4 is 0 Å². The topological polar surface area (TPSA) is 55.3 Å². The zero-order valence-electron chi connectivity index (χ0n) is 9.66. The van der Waals surface area contributed by atoms with Crippen molar-refractivity contribution in [2.45, 2.75) is 6.10 Å². The van der Waals surface area contributed by atoms with Crippen molar-refractivity contribution < 1.29 is 5.11 Å². The molecule has 0 aliphatic rings. The SMILES string of the molecule is Cn1ncc(Cl)c1C(O)c1cn2ccccc2n1. The Morgan fingerprint density at radius 3 is 2.89 bits per heavy atom. The molecule has 3 aromatic rings. The van der Waals surface area contributed by atoms with Gasteiger partial charge in [-0.05, 0) is 12.1 Å². The zero-order valence-corrected chi connectivity index (χ0v) is 10.4. The van der Waals surface area contributed by atoms with Crippen LogP contribution in [0.15, 0.2) is 36.8 Å². The number of halogens is 1. The highest BCUT2D eigenvalue weighted by molar-refractivity contribution is 6.31. The maximum atomic E-state index is 10.3. The molecule has 3 heterocycles. The van der Waals surface area contributed by atoms with Crippen molar-refractivity contribution in [3.8, 4) is 0 Å². The number of pyridine rings is 1. The fourth-order valence-corrected chi connectivity index (χ4v) is 2.22. The van der Waals surface area contributed by atoms with Crippen LogP contribution in [0.25, 0.3) is 5.65 Å². The molecule has 0 aliphatic carbocycles. The lowest BCUT2D eigenvalue weighted by Gasteiger charge is -2.08. The fraction of sp³-hybridized carbons (Fsp3) is 0.167. The zero-order chi connectivity index (χ0) is 12.7. The minimum absolute atomic E-state index is 0.432. The number of aliphatic hydroxyl groups is 1. The summed E-state index contributed by atoms with van der Waals surface area (Å²) < 4.78 is 3.40. The lowest BCUT2D eigenvalue weighted by Crippen LogP contribution is -2.07. The Hall–Kier alpha value is -1.85. The van der Waals surface area contributed by atoms with Crippen molar-refractivity contribution in [3.05, 3.63) is 53.2 Å². The minimum atomic E-state index is -0.884. The van der Waals surface area contributed by atoms with Gasteiger partial charge >= 0.3 is 0 Å². The Bertz CT molecular complexity index is 650. The van der Waals surface area contributed by atoms with Crippen molar-refractivity contribution >= 4 is 17.2 Å². The van der Waals surface area contributed by atoms with E-state index in [9.17, 15) is 5.11 Å². The van der Waals surface area contributed by atoms with Crippen LogP contribution in [0.2, 0.25) is 5.02 Å². The molecule has 92 valence electrons. The first kappa shape index (κ1) is 11.3. The molecule has 0 aromatic carbocycles. The third-order valence-corrected chi connectivity index (χ3v) is 3.15. The summed E-state index contributed by atoms with van der Waals surface area (Å²) in [6, 6.07) is 5.68. The first-order valence-corrected chi connectivity index (χ1v) is 5.83. The number of aliphatic hydroxyl groups excluding tert-OH is 1. The Balaban J connectivity index is 2.09. The number of imidazole rings is 1. The van der Waals surface area contributed by atoms with Gasteiger partial charge in [0.15, 0.2) is 0 Å². The molecular formula is C12H11ClN4O. The molecule has 1 unspecified atom stereocenters. The maximum Gasteiger partial charge on any atom is 0.141 e. The Morgan fingerprint density at radius 1 is 1.39 bits per heavy atom. The van der Waals surface area contributed by atoms with E-state index in [4.69, 9.17) is 11.6 Å². The van der Waals surface area contributed by atoms with Gasteiger partial charge in [-0.25, -0.2) is 4.98 Å². The normalized spacial score (nSPS) is 13.1. The fourth-order valence-electron chi connectivity index (χ4n) is 1.95. The molecule has 3 aromatic heterocycles. The second kappa shape index (κ2) is 4.12. The first-order chi connectivity index (χ1) is 8.66. The number of nitrogens with zero attached hydrogens (tertiary/aromatic N) is 4. The third kappa shape index (κ3) is 1.68. The molecule has 1 N–H and O–H groups in total. The van der Waals surface area contributed by atoms with Crippen LogP contribution in [0.1, 0.15) is 17.5 Å². The van der Waals surface area contributed by atoms with Crippen LogP contribution in [0.3, 0.4) is 0 Å². The molecule has 0 amide bonds. The average molecular weight is 263 g/mol. The molecule has 6 heteroatoms. The molecule has 0 saturated carbocycles. The number of hydrogen-bond acceptors (Lipinski definition) is 3. The largest absolute Gasteiger partial charge is 0.380 e. The van der Waals surface area contributed by atoms with Gasteiger partial charge in [0.25, 0.3) is 0 Å². The summed E-state index contributed by atoms with van der Waals surface area (Å²) in [7, 11) is 1.74. The molecule has 1 atom stereocenters. The molecule has 0 bridgehead atoms. The van der Waals surface area contributed by atoms with E-state index in [0.29, 0.717) is 16.4 Å². The molecule has 0 radical (unpaired) electrons. The second-order valence-electron chi connectivity index (χ2n) is 4.04. The van der Waals surface area contributed by atoms with Gasteiger partial charge in [-0.3, -0.25) is 4.68 Å². The molecule has 3 rings (SSSR count). The van der Waals surface area contributed by atoms with Crippen LogP contribution >= 0.6 is 11.6 Å². The van der Waals surface area contributed by atoms with Crippen molar-refractivity contribution in [1.29, 1.82) is 0 Å². The second-order valence-corrected chi connectivity index (χ2v) is 4.44. The highest BCUT2D eigenvalue weighted by Gasteiger charge is 2.20. The van der Waals surface area contributed by atoms with Gasteiger partial charge in [0.2, 0.25) is 0 Å². The van der Waals surface area contributed by atoms with E-state index >= 15 is 0 Å². The van der Waals surface area contributed by atoms with E-state index in [1.54, 1.807) is 17.9 Å². The van der Waals surface area contributed by atoms with E-state index in [0.717, 1.165) is 5.65 Å². The summed E-state index contributed by atoms with van der Waals surface area (Å²) in [6.45, 7) is 0. The summed E-state index contributed by atoms with van der Waals surface area (Å²) in [5.41, 5.74) is 1.87. The number of hydrogen-bond donors (Lipinski definition) is 1. The smallest absolute Gasteiger partial charge is 0.141 e. The van der Waals surface area contributed by atoms with Crippen molar-refractivity contribution in [1.82, 2.24) is 19.2 Å². The lowest BCUT2D eigenvalue weighted by atomic mass is 10.2. The predicted molar refractivity (Wildman–Crippen MR) is 67.5 cm³/mol. The number of fused-ring (bicyclic) bond motifs is 1. The number of aromatic nitrogens is 4. The average Bonchev–Trinajstić information content (AvgIpc) is 2.92. The van der Waals surface area contributed by atoms with Gasteiger partial charge in [0.1, 0.15) is 11.8 Å². The summed E-state index contributed by atoms with van der Waals surface area (Å²) in [4.78, 5) is 4.36. The molecular weight excluding hydrogens is 252 g/mol. The van der Waals surface area contributed by atoms with Crippen LogP contribution in [0.5, 0.6) is 0 Å². The van der Waals surface area contributed by atoms with Gasteiger partial charge in [0.05, 0.1) is 22.6 Å². The van der Waals surface area contributed by atoms with Crippen molar-refractivity contribution in [2.24, 2.45) is 7.05 Å². The monoisotopic (exact) mass is 262 g/mol. The van der Waals surface area contributed by atoms with Gasteiger partial charge < -0.3 is 9.51 Å². The predicted octanol–water partition coefficient (Wildman–Crippen LogP) is 1.80. The van der Waals surface area contributed by atoms with Crippen LogP contribution in [-0.2, 0) is 7.05 Å². The van der Waals surface area contributed by atoms with Crippen molar-refractivity contribution in [2.75, 3.05) is 0 Å². The molecule has 0 spiro atoms. The summed E-state index contributed by atoms with van der Waals surface area (Å²) in [5, 5.41) is 14.8. The molecule has 18 heavy (non-hydrogen) atoms. The lowest BCUT2D eigenvalue weighted by molar-refractivity contribution is 0.205. The highest BCUT2D eigenvalue weighted by atomic mass is 35.5. The van der Waals surface area contributed by atoms with Gasteiger partial charge in [-0.1, -0.05) is 17.7 Å². The molecule has 0 fully saturated rings. The van der Waals surface area contributed by atoms with E-state index < -0.39 is 6.10 Å². The summed E-state index contributed by atoms with van der Waals surface area (Å²) in [6.07, 6.45) is 4.28. The van der Waals surface area contributed by atoms with Crippen molar-refractivity contribution in [3.63, 3.8) is 0 Å². The molecule has 5 nitrogen and oxygen atoms in total. The van der Waals surface area contributed by atoms with Gasteiger partial charge in [-0.15, -0.1) is 0 Å². The maximum absolute atomic E-state index is 10.3. The van der Waals surface area contributed by atoms with Crippen LogP contribution in [-0.4, -0.2) is 24.3 Å². The Kier molecular flexibility index (Phi) is 2.57. The minimum Gasteiger partial charge on any atom is -0.380 e. The van der Waals surface area contributed by atoms with Crippen LogP contribution in [0.4, 0.5) is 0 Å². The highest BCUT2D eigenvalue weighted by Crippen LogP contribution is 2.27. The van der Waals surface area contributed by atoms with Gasteiger partial charge in [0, 0.05) is 19.4 Å². The van der Waals surface area contributed by atoms with E-state index in [1.165, 1.54) is 6.20 Å². The van der Waals surface area contributed by atoms with Gasteiger partial charge in [-0.2, -0.15) is 5.10 Å². The summed E-state index contributed by atoms with van der Waals surface area (Å²) in [5.74, 6) is 0. The van der Waals surface area contributed by atoms with E-state index in [1.807, 2.05) is 28.8 Å². The Labute approximate surface area is 108 Å². The first-order valence-electron chi connectivity index (χ1n) is 5.46. The third-order valence-electron chi connectivity index (χ3n) is 2.86. The molecule has 0 saturated heterocycles. The standard InChI is InChI=1S/C12H11ClN4O/c1-16-11(8(13)6-14-16)12(18)9-7-17-5-3-2-4-10(17)15-9/h2-7,12,18H,1H3. The van der Waals surface area contributed by atoms with Crippen LogP contribution in [0, 0.1) is 0 Å². The molecule has 0 aliphatic heterocycles. The summed E-state index contributed by atoms with van der Waals surface area (Å²) >= 11 is 6.01. The van der Waals surface area contributed by atoms with E-state index in [2.05, 4.69) is 10.1 Å². The van der Waals surface area contributed by atoms with E-state index in [-0.39, 0.29) is 0 Å². The Morgan fingerprint density at radius 2 is 2.22 bits per heavy atom. The quantitative estimate of drug-likeness (QED) is 0.766.